The molecule has 1 saturated heterocycles. The first-order valence-corrected chi connectivity index (χ1v) is 6.99. The molecule has 0 amide bonds. The fourth-order valence-electron chi connectivity index (χ4n) is 3.56. The van der Waals surface area contributed by atoms with Gasteiger partial charge in [-0.2, -0.15) is 0 Å². The molecule has 1 atom stereocenters. The van der Waals surface area contributed by atoms with E-state index in [1.807, 2.05) is 0 Å². The van der Waals surface area contributed by atoms with Crippen LogP contribution in [0.15, 0.2) is 0 Å². The van der Waals surface area contributed by atoms with Crippen LogP contribution in [0.2, 0.25) is 0 Å². The van der Waals surface area contributed by atoms with E-state index < -0.39 is 0 Å². The van der Waals surface area contributed by atoms with Gasteiger partial charge in [0.1, 0.15) is 0 Å². The second kappa shape index (κ2) is 5.05. The van der Waals surface area contributed by atoms with Crippen molar-refractivity contribution in [2.24, 2.45) is 0 Å². The molecule has 0 N–H and O–H groups in total. The molecule has 0 radical (unpaired) electrons. The van der Waals surface area contributed by atoms with Crippen LogP contribution >= 0.6 is 0 Å². The van der Waals surface area contributed by atoms with Crippen molar-refractivity contribution < 1.29 is 4.74 Å². The Bertz CT molecular complexity index is 221. The molecule has 2 fully saturated rings. The van der Waals surface area contributed by atoms with Crippen LogP contribution in [0.1, 0.15) is 58.8 Å². The van der Waals surface area contributed by atoms with Crippen molar-refractivity contribution in [2.45, 2.75) is 76.5 Å². The smallest absolute Gasteiger partial charge is 0.0700 e. The molecule has 2 rings (SSSR count). The van der Waals surface area contributed by atoms with E-state index >= 15 is 0 Å². The van der Waals surface area contributed by atoms with Gasteiger partial charge in [-0.05, 0) is 59.5 Å². The lowest BCUT2D eigenvalue weighted by atomic mass is 9.91. The Morgan fingerprint density at radius 3 is 2.44 bits per heavy atom. The summed E-state index contributed by atoms with van der Waals surface area (Å²) in [5.74, 6) is 0. The topological polar surface area (TPSA) is 12.5 Å². The second-order valence-electron chi connectivity index (χ2n) is 6.04. The van der Waals surface area contributed by atoms with Crippen molar-refractivity contribution in [2.75, 3.05) is 13.6 Å². The first-order chi connectivity index (χ1) is 7.61. The third kappa shape index (κ3) is 2.78. The predicted octanol–water partition coefficient (Wildman–Crippen LogP) is 3.21. The number of likely N-dealkylation sites (tertiary alicyclic amines) is 1. The van der Waals surface area contributed by atoms with Crippen LogP contribution in [0.3, 0.4) is 0 Å². The largest absolute Gasteiger partial charge is 0.372 e. The number of ether oxygens (including phenoxy) is 1. The van der Waals surface area contributed by atoms with E-state index in [1.165, 1.54) is 51.5 Å². The average Bonchev–Trinajstić information content (AvgIpc) is 2.77. The Hall–Kier alpha value is -0.0800. The first-order valence-electron chi connectivity index (χ1n) is 6.99. The number of hydrogen-bond acceptors (Lipinski definition) is 2. The summed E-state index contributed by atoms with van der Waals surface area (Å²) >= 11 is 0. The maximum Gasteiger partial charge on any atom is 0.0700 e. The SMILES string of the molecule is CC(C)OC1(CC2CCCN2C)CCCC1. The highest BCUT2D eigenvalue weighted by Crippen LogP contribution is 2.40. The summed E-state index contributed by atoms with van der Waals surface area (Å²) in [5, 5.41) is 0. The maximum atomic E-state index is 6.28. The normalized spacial score (nSPS) is 30.4. The van der Waals surface area contributed by atoms with Gasteiger partial charge in [-0.3, -0.25) is 0 Å². The standard InChI is InChI=1S/C14H27NO/c1-12(2)16-14(8-4-5-9-14)11-13-7-6-10-15(13)3/h12-13H,4-11H2,1-3H3. The van der Waals surface area contributed by atoms with Crippen molar-refractivity contribution in [1.82, 2.24) is 4.90 Å². The Labute approximate surface area is 100 Å². The molecule has 94 valence electrons. The molecule has 2 nitrogen and oxygen atoms in total. The van der Waals surface area contributed by atoms with Gasteiger partial charge >= 0.3 is 0 Å². The van der Waals surface area contributed by atoms with E-state index in [4.69, 9.17) is 4.74 Å². The van der Waals surface area contributed by atoms with Gasteiger partial charge in [0.25, 0.3) is 0 Å². The van der Waals surface area contributed by atoms with Gasteiger partial charge in [0.05, 0.1) is 11.7 Å². The highest BCUT2D eigenvalue weighted by Gasteiger charge is 2.39. The number of rotatable bonds is 4. The minimum absolute atomic E-state index is 0.220. The molecule has 2 aliphatic rings. The Morgan fingerprint density at radius 1 is 1.25 bits per heavy atom. The van der Waals surface area contributed by atoms with E-state index in [9.17, 15) is 0 Å². The zero-order valence-electron chi connectivity index (χ0n) is 11.2. The predicted molar refractivity (Wildman–Crippen MR) is 67.7 cm³/mol. The lowest BCUT2D eigenvalue weighted by Gasteiger charge is -2.36. The highest BCUT2D eigenvalue weighted by atomic mass is 16.5. The molecule has 0 aromatic carbocycles. The summed E-state index contributed by atoms with van der Waals surface area (Å²) in [6.45, 7) is 5.64. The molecule has 2 heteroatoms. The summed E-state index contributed by atoms with van der Waals surface area (Å²) in [7, 11) is 2.27. The molecule has 0 bridgehead atoms. The lowest BCUT2D eigenvalue weighted by Crippen LogP contribution is -2.39. The molecule has 1 heterocycles. The van der Waals surface area contributed by atoms with Gasteiger partial charge in [0.2, 0.25) is 0 Å². The number of hydrogen-bond donors (Lipinski definition) is 0. The van der Waals surface area contributed by atoms with Crippen LogP contribution in [-0.2, 0) is 4.74 Å². The summed E-state index contributed by atoms with van der Waals surface area (Å²) < 4.78 is 6.28. The molecule has 0 aromatic heterocycles. The van der Waals surface area contributed by atoms with Crippen LogP contribution < -0.4 is 0 Å². The van der Waals surface area contributed by atoms with E-state index in [0.717, 1.165) is 6.04 Å². The van der Waals surface area contributed by atoms with Crippen molar-refractivity contribution in [3.05, 3.63) is 0 Å². The van der Waals surface area contributed by atoms with Gasteiger partial charge < -0.3 is 9.64 Å². The minimum atomic E-state index is 0.220. The fraction of sp³-hybridized carbons (Fsp3) is 1.00. The summed E-state index contributed by atoms with van der Waals surface area (Å²) in [6, 6.07) is 0.775. The van der Waals surface area contributed by atoms with E-state index in [0.29, 0.717) is 6.10 Å². The second-order valence-corrected chi connectivity index (χ2v) is 6.04. The Kier molecular flexibility index (Phi) is 3.91. The number of nitrogens with zero attached hydrogens (tertiary/aromatic N) is 1. The molecular weight excluding hydrogens is 198 g/mol. The van der Waals surface area contributed by atoms with Gasteiger partial charge in [0, 0.05) is 6.04 Å². The zero-order chi connectivity index (χ0) is 11.6. The van der Waals surface area contributed by atoms with Crippen LogP contribution in [0.4, 0.5) is 0 Å². The van der Waals surface area contributed by atoms with Gasteiger partial charge in [-0.25, -0.2) is 0 Å². The van der Waals surface area contributed by atoms with Crippen LogP contribution in [0.25, 0.3) is 0 Å². The van der Waals surface area contributed by atoms with Crippen molar-refractivity contribution in [3.8, 4) is 0 Å². The molecule has 1 aliphatic carbocycles. The average molecular weight is 225 g/mol. The Morgan fingerprint density at radius 2 is 1.94 bits per heavy atom. The third-order valence-electron chi connectivity index (χ3n) is 4.28. The molecule has 0 aromatic rings. The van der Waals surface area contributed by atoms with Crippen LogP contribution in [-0.4, -0.2) is 36.2 Å². The monoisotopic (exact) mass is 225 g/mol. The summed E-state index contributed by atoms with van der Waals surface area (Å²) in [5.41, 5.74) is 0.220. The van der Waals surface area contributed by atoms with Crippen molar-refractivity contribution in [3.63, 3.8) is 0 Å². The first kappa shape index (κ1) is 12.4. The van der Waals surface area contributed by atoms with Crippen LogP contribution in [0.5, 0.6) is 0 Å². The van der Waals surface area contributed by atoms with E-state index in [1.54, 1.807) is 0 Å². The molecule has 1 aliphatic heterocycles. The Balaban J connectivity index is 1.96. The van der Waals surface area contributed by atoms with Crippen molar-refractivity contribution >= 4 is 0 Å². The minimum Gasteiger partial charge on any atom is -0.372 e. The van der Waals surface area contributed by atoms with Crippen molar-refractivity contribution in [1.29, 1.82) is 0 Å². The summed E-state index contributed by atoms with van der Waals surface area (Å²) in [6.07, 6.45) is 9.70. The van der Waals surface area contributed by atoms with Crippen LogP contribution in [0, 0.1) is 0 Å². The zero-order valence-corrected chi connectivity index (χ0v) is 11.2. The van der Waals surface area contributed by atoms with Gasteiger partial charge in [-0.15, -0.1) is 0 Å². The van der Waals surface area contributed by atoms with Gasteiger partial charge in [0.15, 0.2) is 0 Å². The molecule has 16 heavy (non-hydrogen) atoms. The summed E-state index contributed by atoms with van der Waals surface area (Å²) in [4.78, 5) is 2.53. The molecule has 1 unspecified atom stereocenters. The highest BCUT2D eigenvalue weighted by molar-refractivity contribution is 4.93. The van der Waals surface area contributed by atoms with Gasteiger partial charge in [-0.1, -0.05) is 12.8 Å². The molecular formula is C14H27NO. The molecule has 1 saturated carbocycles. The van der Waals surface area contributed by atoms with E-state index in [2.05, 4.69) is 25.8 Å². The third-order valence-corrected chi connectivity index (χ3v) is 4.28. The molecule has 0 spiro atoms. The quantitative estimate of drug-likeness (QED) is 0.728. The fourth-order valence-corrected chi connectivity index (χ4v) is 3.56. The maximum absolute atomic E-state index is 6.28. The van der Waals surface area contributed by atoms with E-state index in [-0.39, 0.29) is 5.60 Å². The lowest BCUT2D eigenvalue weighted by molar-refractivity contribution is -0.0897.